The quantitative estimate of drug-likeness (QED) is 0.285. The Morgan fingerprint density at radius 3 is 1.93 bits per heavy atom. The second kappa shape index (κ2) is 9.13. The minimum Gasteiger partial charge on any atom is -0.451 e. The molecule has 0 fully saturated rings. The van der Waals surface area contributed by atoms with Crippen LogP contribution in [0.5, 0.6) is 0 Å². The summed E-state index contributed by atoms with van der Waals surface area (Å²) < 4.78 is 7.66. The number of benzene rings is 4. The number of carbonyl (C=O) groups is 1. The van der Waals surface area contributed by atoms with E-state index < -0.39 is 18.2 Å². The van der Waals surface area contributed by atoms with Crippen LogP contribution in [0.4, 0.5) is 0 Å². The van der Waals surface area contributed by atoms with Crippen molar-refractivity contribution in [2.24, 2.45) is 0 Å². The van der Waals surface area contributed by atoms with Gasteiger partial charge >= 0.3 is 5.97 Å². The fraction of sp³-hybridized carbons (Fsp3) is 0.0800. The summed E-state index contributed by atoms with van der Waals surface area (Å²) in [7, 11) is 0. The lowest BCUT2D eigenvalue weighted by molar-refractivity contribution is -0.0209. The van der Waals surface area contributed by atoms with Crippen molar-refractivity contribution in [2.75, 3.05) is 0 Å². The van der Waals surface area contributed by atoms with Gasteiger partial charge < -0.3 is 9.84 Å². The fourth-order valence-corrected chi connectivity index (χ4v) is 3.83. The van der Waals surface area contributed by atoms with Gasteiger partial charge in [0.2, 0.25) is 0 Å². The van der Waals surface area contributed by atoms with Crippen LogP contribution in [0.15, 0.2) is 99.9 Å². The third-order valence-electron chi connectivity index (χ3n) is 4.92. The van der Waals surface area contributed by atoms with Crippen molar-refractivity contribution in [3.8, 4) is 0 Å². The summed E-state index contributed by atoms with van der Waals surface area (Å²) >= 11 is 6.82. The van der Waals surface area contributed by atoms with Crippen molar-refractivity contribution in [3.05, 3.63) is 117 Å². The molecule has 3 nitrogen and oxygen atoms in total. The second-order valence-electron chi connectivity index (χ2n) is 6.94. The molecule has 1 N–H and O–H groups in total. The molecule has 0 bridgehead atoms. The molecule has 4 aromatic rings. The van der Waals surface area contributed by atoms with Crippen LogP contribution in [0.2, 0.25) is 0 Å². The van der Waals surface area contributed by atoms with Crippen molar-refractivity contribution < 1.29 is 14.6 Å². The Kier molecular flexibility index (Phi) is 6.32. The molecule has 150 valence electrons. The standard InChI is InChI=1S/C25H18Br2O3/c26-21-11-7-17(8-12-21)23(28)24(18-9-13-22(27)14-10-18)30-25(29)20-6-5-16-3-1-2-4-19(16)15-20/h1-15,23-24,28H/t23-,24+/m1/s1. The van der Waals surface area contributed by atoms with E-state index in [0.717, 1.165) is 19.7 Å². The molecule has 0 unspecified atom stereocenters. The minimum atomic E-state index is -1.01. The maximum absolute atomic E-state index is 13.0. The molecule has 0 heterocycles. The third-order valence-corrected chi connectivity index (χ3v) is 5.97. The zero-order valence-electron chi connectivity index (χ0n) is 15.8. The second-order valence-corrected chi connectivity index (χ2v) is 8.77. The first-order chi connectivity index (χ1) is 14.5. The van der Waals surface area contributed by atoms with Gasteiger partial charge in [-0.1, -0.05) is 86.5 Å². The van der Waals surface area contributed by atoms with Gasteiger partial charge in [0.25, 0.3) is 0 Å². The van der Waals surface area contributed by atoms with E-state index >= 15 is 0 Å². The Morgan fingerprint density at radius 2 is 1.30 bits per heavy atom. The summed E-state index contributed by atoms with van der Waals surface area (Å²) in [6.07, 6.45) is -1.86. The Balaban J connectivity index is 1.66. The van der Waals surface area contributed by atoms with Crippen LogP contribution >= 0.6 is 31.9 Å². The van der Waals surface area contributed by atoms with E-state index in [1.54, 1.807) is 6.07 Å². The van der Waals surface area contributed by atoms with Gasteiger partial charge in [-0.05, 0) is 58.3 Å². The summed E-state index contributed by atoms with van der Waals surface area (Å²) in [4.78, 5) is 13.0. The van der Waals surface area contributed by atoms with Gasteiger partial charge in [0, 0.05) is 8.95 Å². The van der Waals surface area contributed by atoms with Gasteiger partial charge in [0.15, 0.2) is 6.10 Å². The molecule has 5 heteroatoms. The van der Waals surface area contributed by atoms with Crippen LogP contribution in [0, 0.1) is 0 Å². The maximum Gasteiger partial charge on any atom is 0.338 e. The molecule has 0 aliphatic carbocycles. The van der Waals surface area contributed by atoms with E-state index in [9.17, 15) is 9.90 Å². The normalized spacial score (nSPS) is 13.0. The third kappa shape index (κ3) is 4.64. The number of carbonyl (C=O) groups excluding carboxylic acids is 1. The number of aliphatic hydroxyl groups excluding tert-OH is 1. The summed E-state index contributed by atoms with van der Waals surface area (Å²) in [5.74, 6) is -0.482. The number of rotatable bonds is 5. The highest BCUT2D eigenvalue weighted by Crippen LogP contribution is 2.34. The molecule has 0 aliphatic heterocycles. The molecular formula is C25H18Br2O3. The first-order valence-corrected chi connectivity index (χ1v) is 11.0. The predicted octanol–water partition coefficient (Wildman–Crippen LogP) is 7.00. The highest BCUT2D eigenvalue weighted by Gasteiger charge is 2.27. The smallest absolute Gasteiger partial charge is 0.338 e. The van der Waals surface area contributed by atoms with E-state index in [-0.39, 0.29) is 0 Å². The van der Waals surface area contributed by atoms with E-state index in [4.69, 9.17) is 4.74 Å². The van der Waals surface area contributed by atoms with Crippen LogP contribution in [0.25, 0.3) is 10.8 Å². The Hall–Kier alpha value is -2.47. The van der Waals surface area contributed by atoms with Gasteiger partial charge in [-0.3, -0.25) is 0 Å². The number of halogens is 2. The number of fused-ring (bicyclic) bond motifs is 1. The van der Waals surface area contributed by atoms with Crippen LogP contribution < -0.4 is 0 Å². The first kappa shape index (κ1) is 20.8. The van der Waals surface area contributed by atoms with Gasteiger partial charge in [0.1, 0.15) is 6.10 Å². The highest BCUT2D eigenvalue weighted by molar-refractivity contribution is 9.10. The van der Waals surface area contributed by atoms with E-state index in [1.807, 2.05) is 84.9 Å². The molecule has 4 aromatic carbocycles. The van der Waals surface area contributed by atoms with Gasteiger partial charge in [0.05, 0.1) is 5.56 Å². The Bertz CT molecular complexity index is 1170. The SMILES string of the molecule is O=C(O[C@@H](c1ccc(Br)cc1)[C@H](O)c1ccc(Br)cc1)c1ccc2ccccc2c1. The zero-order valence-corrected chi connectivity index (χ0v) is 19.0. The number of hydrogen-bond donors (Lipinski definition) is 1. The van der Waals surface area contributed by atoms with Crippen molar-refractivity contribution in [1.82, 2.24) is 0 Å². The summed E-state index contributed by atoms with van der Waals surface area (Å²) in [5, 5.41) is 13.1. The lowest BCUT2D eigenvalue weighted by Crippen LogP contribution is -2.19. The Morgan fingerprint density at radius 1 is 0.733 bits per heavy atom. The molecule has 2 atom stereocenters. The molecular weight excluding hydrogens is 508 g/mol. The predicted molar refractivity (Wildman–Crippen MR) is 125 cm³/mol. The minimum absolute atomic E-state index is 0.443. The highest BCUT2D eigenvalue weighted by atomic mass is 79.9. The lowest BCUT2D eigenvalue weighted by Gasteiger charge is -2.24. The summed E-state index contributed by atoms with van der Waals surface area (Å²) in [6.45, 7) is 0. The molecule has 0 aliphatic rings. The largest absolute Gasteiger partial charge is 0.451 e. The van der Waals surface area contributed by atoms with Crippen LogP contribution in [0.3, 0.4) is 0 Å². The summed E-state index contributed by atoms with van der Waals surface area (Å²) in [6, 6.07) is 28.0. The first-order valence-electron chi connectivity index (χ1n) is 9.40. The van der Waals surface area contributed by atoms with Crippen molar-refractivity contribution in [2.45, 2.75) is 12.2 Å². The van der Waals surface area contributed by atoms with E-state index in [0.29, 0.717) is 16.7 Å². The molecule has 30 heavy (non-hydrogen) atoms. The number of hydrogen-bond acceptors (Lipinski definition) is 3. The molecule has 0 spiro atoms. The average Bonchev–Trinajstić information content (AvgIpc) is 2.78. The monoisotopic (exact) mass is 524 g/mol. The van der Waals surface area contributed by atoms with Crippen molar-refractivity contribution in [3.63, 3.8) is 0 Å². The van der Waals surface area contributed by atoms with Crippen molar-refractivity contribution in [1.29, 1.82) is 0 Å². The fourth-order valence-electron chi connectivity index (χ4n) is 3.30. The molecule has 0 saturated carbocycles. The van der Waals surface area contributed by atoms with E-state index in [2.05, 4.69) is 31.9 Å². The maximum atomic E-state index is 13.0. The molecule has 0 saturated heterocycles. The van der Waals surface area contributed by atoms with Gasteiger partial charge in [-0.15, -0.1) is 0 Å². The van der Waals surface area contributed by atoms with E-state index in [1.165, 1.54) is 0 Å². The lowest BCUT2D eigenvalue weighted by atomic mass is 9.98. The topological polar surface area (TPSA) is 46.5 Å². The van der Waals surface area contributed by atoms with Crippen LogP contribution in [0.1, 0.15) is 33.7 Å². The number of ether oxygens (including phenoxy) is 1. The van der Waals surface area contributed by atoms with Crippen LogP contribution in [-0.4, -0.2) is 11.1 Å². The Labute approximate surface area is 191 Å². The number of aliphatic hydroxyl groups is 1. The number of esters is 1. The summed E-state index contributed by atoms with van der Waals surface area (Å²) in [5.41, 5.74) is 1.82. The average molecular weight is 526 g/mol. The molecule has 0 aromatic heterocycles. The molecule has 0 radical (unpaired) electrons. The van der Waals surface area contributed by atoms with Crippen molar-refractivity contribution >= 4 is 48.6 Å². The molecule has 0 amide bonds. The van der Waals surface area contributed by atoms with Crippen LogP contribution in [-0.2, 0) is 4.74 Å². The van der Waals surface area contributed by atoms with Gasteiger partial charge in [-0.2, -0.15) is 0 Å². The molecule has 4 rings (SSSR count). The zero-order chi connectivity index (χ0) is 21.1. The van der Waals surface area contributed by atoms with Gasteiger partial charge in [-0.25, -0.2) is 4.79 Å².